The maximum absolute atomic E-state index is 13.4. The largest absolute Gasteiger partial charge is 0.416 e. The van der Waals surface area contributed by atoms with Crippen molar-refractivity contribution in [3.8, 4) is 0 Å². The van der Waals surface area contributed by atoms with E-state index in [-0.39, 0.29) is 37.2 Å². The summed E-state index contributed by atoms with van der Waals surface area (Å²) in [5, 5.41) is 0. The highest BCUT2D eigenvalue weighted by Gasteiger charge is 2.33. The lowest BCUT2D eigenvalue weighted by atomic mass is 10.1. The molecule has 0 atom stereocenters. The van der Waals surface area contributed by atoms with Crippen molar-refractivity contribution in [1.29, 1.82) is 0 Å². The molecule has 0 radical (unpaired) electrons. The molecule has 2 aromatic carbocycles. The van der Waals surface area contributed by atoms with Gasteiger partial charge in [0.15, 0.2) is 0 Å². The highest BCUT2D eigenvalue weighted by atomic mass is 35.5. The summed E-state index contributed by atoms with van der Waals surface area (Å²) in [5.74, 6) is 0. The average molecular weight is 616 g/mol. The van der Waals surface area contributed by atoms with E-state index in [2.05, 4.69) is 19.6 Å². The van der Waals surface area contributed by atoms with E-state index in [1.807, 2.05) is 24.3 Å². The minimum Gasteiger partial charge on any atom is -0.379 e. The summed E-state index contributed by atoms with van der Waals surface area (Å²) in [4.78, 5) is 11.6. The molecule has 3 aliphatic rings. The molecule has 0 unspecified atom stereocenters. The summed E-state index contributed by atoms with van der Waals surface area (Å²) in [5.41, 5.74) is 1.07. The fourth-order valence-corrected chi connectivity index (χ4v) is 6.12. The third kappa shape index (κ3) is 8.30. The summed E-state index contributed by atoms with van der Waals surface area (Å²) in [7, 11) is 0. The molecule has 0 aromatic heterocycles. The number of benzene rings is 2. The molecule has 0 bridgehead atoms. The van der Waals surface area contributed by atoms with Gasteiger partial charge < -0.3 is 14.5 Å². The molecule has 214 valence electrons. The molecule has 5 nitrogen and oxygen atoms in total. The van der Waals surface area contributed by atoms with Gasteiger partial charge in [-0.15, -0.1) is 37.2 Å². The predicted molar refractivity (Wildman–Crippen MR) is 156 cm³/mol. The number of alkyl halides is 3. The number of hydrogen-bond acceptors (Lipinski definition) is 6. The van der Waals surface area contributed by atoms with Gasteiger partial charge in [-0.05, 0) is 43.3 Å². The Morgan fingerprint density at radius 2 is 1.26 bits per heavy atom. The van der Waals surface area contributed by atoms with Crippen LogP contribution in [0.1, 0.15) is 12.0 Å². The number of para-hydroxylation sites is 1. The second-order valence-corrected chi connectivity index (χ2v) is 10.5. The predicted octanol–water partition coefficient (Wildman–Crippen LogP) is 5.91. The Morgan fingerprint density at radius 3 is 1.92 bits per heavy atom. The number of nitrogens with zero attached hydrogens (tertiary/aromatic N) is 4. The lowest BCUT2D eigenvalue weighted by molar-refractivity contribution is -0.137. The minimum absolute atomic E-state index is 0. The van der Waals surface area contributed by atoms with Gasteiger partial charge in [-0.1, -0.05) is 23.9 Å². The van der Waals surface area contributed by atoms with E-state index in [0.717, 1.165) is 94.0 Å². The molecule has 38 heavy (non-hydrogen) atoms. The van der Waals surface area contributed by atoms with Crippen molar-refractivity contribution in [2.45, 2.75) is 22.4 Å². The first-order valence-corrected chi connectivity index (χ1v) is 13.3. The fourth-order valence-electron chi connectivity index (χ4n) is 5.04. The molecule has 5 rings (SSSR count). The molecule has 0 aliphatic carbocycles. The molecule has 0 saturated carbocycles. The Labute approximate surface area is 246 Å². The molecular weight excluding hydrogens is 580 g/mol. The van der Waals surface area contributed by atoms with Crippen LogP contribution in [0.2, 0.25) is 0 Å². The van der Waals surface area contributed by atoms with Crippen molar-refractivity contribution >= 4 is 60.4 Å². The molecule has 3 heterocycles. The first-order chi connectivity index (χ1) is 17.0. The van der Waals surface area contributed by atoms with E-state index in [0.29, 0.717) is 12.2 Å². The van der Waals surface area contributed by atoms with Gasteiger partial charge in [0, 0.05) is 68.7 Å². The first kappa shape index (κ1) is 33.3. The summed E-state index contributed by atoms with van der Waals surface area (Å²) in [6.45, 7) is 11.9. The van der Waals surface area contributed by atoms with E-state index >= 15 is 0 Å². The van der Waals surface area contributed by atoms with Crippen molar-refractivity contribution < 1.29 is 17.9 Å². The number of ether oxygens (including phenoxy) is 1. The molecule has 12 heteroatoms. The first-order valence-electron chi connectivity index (χ1n) is 12.5. The summed E-state index contributed by atoms with van der Waals surface area (Å²) < 4.78 is 45.7. The molecule has 2 fully saturated rings. The zero-order valence-electron chi connectivity index (χ0n) is 21.2. The van der Waals surface area contributed by atoms with Gasteiger partial charge in [0.2, 0.25) is 0 Å². The van der Waals surface area contributed by atoms with Crippen LogP contribution in [0.3, 0.4) is 0 Å². The Kier molecular flexibility index (Phi) is 13.3. The number of piperazine rings is 1. The van der Waals surface area contributed by atoms with E-state index in [1.54, 1.807) is 17.8 Å². The normalized spacial score (nSPS) is 18.4. The Balaban J connectivity index is 0.00000169. The SMILES string of the molecule is Cl.Cl.Cl.FC(F)(F)c1ccc2c(c1)N(CCCN1CCN(CCN3CCOCC3)CC1)c1ccccc1S2. The number of halogens is 6. The third-order valence-corrected chi connectivity index (χ3v) is 8.24. The van der Waals surface area contributed by atoms with Crippen LogP contribution in [0.25, 0.3) is 0 Å². The summed E-state index contributed by atoms with van der Waals surface area (Å²) >= 11 is 1.55. The lowest BCUT2D eigenvalue weighted by Crippen LogP contribution is -2.49. The van der Waals surface area contributed by atoms with E-state index in [1.165, 1.54) is 12.1 Å². The van der Waals surface area contributed by atoms with Crippen LogP contribution in [0.4, 0.5) is 24.5 Å². The van der Waals surface area contributed by atoms with Crippen LogP contribution < -0.4 is 4.90 Å². The van der Waals surface area contributed by atoms with Crippen molar-refractivity contribution in [3.05, 3.63) is 48.0 Å². The van der Waals surface area contributed by atoms with Gasteiger partial charge >= 0.3 is 6.18 Å². The van der Waals surface area contributed by atoms with E-state index < -0.39 is 11.7 Å². The second-order valence-electron chi connectivity index (χ2n) is 9.39. The molecule has 0 amide bonds. The van der Waals surface area contributed by atoms with Crippen LogP contribution in [-0.2, 0) is 10.9 Å². The second kappa shape index (κ2) is 15.2. The van der Waals surface area contributed by atoms with Gasteiger partial charge in [0.25, 0.3) is 0 Å². The van der Waals surface area contributed by atoms with Crippen molar-refractivity contribution in [2.75, 3.05) is 83.6 Å². The van der Waals surface area contributed by atoms with E-state index in [4.69, 9.17) is 4.74 Å². The van der Waals surface area contributed by atoms with Gasteiger partial charge in [0.1, 0.15) is 0 Å². The molecule has 3 aliphatic heterocycles. The smallest absolute Gasteiger partial charge is 0.379 e. The Bertz CT molecular complexity index is 1010. The van der Waals surface area contributed by atoms with Gasteiger partial charge in [-0.3, -0.25) is 9.80 Å². The van der Waals surface area contributed by atoms with E-state index in [9.17, 15) is 13.2 Å². The highest BCUT2D eigenvalue weighted by molar-refractivity contribution is 7.99. The van der Waals surface area contributed by atoms with Crippen LogP contribution in [-0.4, -0.2) is 93.4 Å². The zero-order valence-corrected chi connectivity index (χ0v) is 24.5. The molecular formula is C26H36Cl3F3N4OS. The number of anilines is 2. The summed E-state index contributed by atoms with van der Waals surface area (Å²) in [6.07, 6.45) is -3.44. The molecule has 0 spiro atoms. The molecule has 2 aromatic rings. The lowest BCUT2D eigenvalue weighted by Gasteiger charge is -2.37. The van der Waals surface area contributed by atoms with Crippen molar-refractivity contribution in [2.24, 2.45) is 0 Å². The maximum atomic E-state index is 13.4. The van der Waals surface area contributed by atoms with Gasteiger partial charge in [-0.2, -0.15) is 13.2 Å². The van der Waals surface area contributed by atoms with Gasteiger partial charge in [0.05, 0.1) is 30.2 Å². The minimum atomic E-state index is -4.34. The molecule has 0 N–H and O–H groups in total. The monoisotopic (exact) mass is 614 g/mol. The summed E-state index contributed by atoms with van der Waals surface area (Å²) in [6, 6.07) is 12.1. The van der Waals surface area contributed by atoms with Crippen molar-refractivity contribution in [1.82, 2.24) is 14.7 Å². The Morgan fingerprint density at radius 1 is 0.684 bits per heavy atom. The number of fused-ring (bicyclic) bond motifs is 2. The average Bonchev–Trinajstić information content (AvgIpc) is 2.87. The number of morpholine rings is 1. The third-order valence-electron chi connectivity index (χ3n) is 7.11. The van der Waals surface area contributed by atoms with Crippen LogP contribution in [0, 0.1) is 0 Å². The Hall–Kier alpha value is -0.910. The maximum Gasteiger partial charge on any atom is 0.416 e. The number of rotatable bonds is 7. The van der Waals surface area contributed by atoms with Crippen LogP contribution in [0.15, 0.2) is 52.3 Å². The standard InChI is InChI=1S/C26H33F3N4OS.3ClH/c27-26(28,29)21-6-7-25-23(20-21)33(22-4-1-2-5-24(22)35-25)9-3-8-30-10-12-31(13-11-30)14-15-32-16-18-34-19-17-32;;;/h1-2,4-7,20H,3,8-19H2;3*1H. The zero-order chi connectivity index (χ0) is 24.3. The van der Waals surface area contributed by atoms with Gasteiger partial charge in [-0.25, -0.2) is 0 Å². The quantitative estimate of drug-likeness (QED) is 0.384. The number of hydrogen-bond donors (Lipinski definition) is 0. The fraction of sp³-hybridized carbons (Fsp3) is 0.538. The highest BCUT2D eigenvalue weighted by Crippen LogP contribution is 2.49. The molecule has 2 saturated heterocycles. The topological polar surface area (TPSA) is 22.2 Å². The van der Waals surface area contributed by atoms with Crippen molar-refractivity contribution in [3.63, 3.8) is 0 Å². The van der Waals surface area contributed by atoms with Crippen LogP contribution in [0.5, 0.6) is 0 Å². The van der Waals surface area contributed by atoms with Crippen LogP contribution >= 0.6 is 49.0 Å².